The molecule has 0 spiro atoms. The smallest absolute Gasteiger partial charge is 0.249 e. The highest BCUT2D eigenvalue weighted by molar-refractivity contribution is 6.06. The van der Waals surface area contributed by atoms with E-state index in [0.717, 1.165) is 24.5 Å². The van der Waals surface area contributed by atoms with Crippen LogP contribution in [-0.4, -0.2) is 67.9 Å². The fourth-order valence-electron chi connectivity index (χ4n) is 3.92. The number of benzene rings is 2. The highest BCUT2D eigenvalue weighted by Gasteiger charge is 2.30. The van der Waals surface area contributed by atoms with Crippen molar-refractivity contribution >= 4 is 40.7 Å². The van der Waals surface area contributed by atoms with Gasteiger partial charge in [-0.05, 0) is 48.5 Å². The first kappa shape index (κ1) is 23.1. The molecule has 1 saturated heterocycles. The Labute approximate surface area is 198 Å². The molecule has 34 heavy (non-hydrogen) atoms. The molecule has 1 fully saturated rings. The minimum absolute atomic E-state index is 0.00881. The Morgan fingerprint density at radius 3 is 2.12 bits per heavy atom. The van der Waals surface area contributed by atoms with Crippen molar-refractivity contribution in [3.05, 3.63) is 48.5 Å². The zero-order valence-electron chi connectivity index (χ0n) is 19.2. The first-order chi connectivity index (χ1) is 16.4. The average molecular weight is 465 g/mol. The average Bonchev–Trinajstić information content (AvgIpc) is 2.85. The zero-order valence-corrected chi connectivity index (χ0v) is 19.2. The van der Waals surface area contributed by atoms with Gasteiger partial charge in [0.1, 0.15) is 11.8 Å². The molecule has 1 atom stereocenters. The first-order valence-electron chi connectivity index (χ1n) is 11.1. The second-order valence-corrected chi connectivity index (χ2v) is 8.14. The highest BCUT2D eigenvalue weighted by Crippen LogP contribution is 2.21. The van der Waals surface area contributed by atoms with Crippen molar-refractivity contribution in [1.82, 2.24) is 10.2 Å². The van der Waals surface area contributed by atoms with Gasteiger partial charge in [-0.2, -0.15) is 0 Å². The number of ether oxygens (including phenoxy) is 1. The van der Waals surface area contributed by atoms with Gasteiger partial charge in [0.2, 0.25) is 23.7 Å². The highest BCUT2D eigenvalue weighted by atomic mass is 16.5. The standard InChI is InChI=1S/C24H28N6O4/c1-16(31)25-17-3-5-18(6-4-17)26-23(33)21-15-22(32)28-24(27-21)30-13-11-29(12-14-30)19-7-9-20(34-2)10-8-19/h3-10,21H,11-15H2,1-2H3,(H,25,31)(H,26,33)(H,27,28,32)/t21-/m0/s1. The third kappa shape index (κ3) is 5.64. The maximum absolute atomic E-state index is 12.8. The number of carbonyl (C=O) groups excluding carboxylic acids is 3. The van der Waals surface area contributed by atoms with E-state index in [1.807, 2.05) is 29.2 Å². The number of rotatable bonds is 5. The van der Waals surface area contributed by atoms with Crippen LogP contribution in [-0.2, 0) is 14.4 Å². The quantitative estimate of drug-likeness (QED) is 0.620. The lowest BCUT2D eigenvalue weighted by molar-refractivity contribution is -0.125. The van der Waals surface area contributed by atoms with Crippen LogP contribution in [0.2, 0.25) is 0 Å². The van der Waals surface area contributed by atoms with Crippen LogP contribution in [0.4, 0.5) is 17.1 Å². The molecule has 2 aromatic rings. The molecular formula is C24H28N6O4. The topological polar surface area (TPSA) is 115 Å². The zero-order chi connectivity index (χ0) is 24.1. The molecular weight excluding hydrogens is 436 g/mol. The summed E-state index contributed by atoms with van der Waals surface area (Å²) in [6, 6.07) is 13.9. The Balaban J connectivity index is 1.36. The number of aliphatic imine (C=N–C) groups is 1. The molecule has 10 nitrogen and oxygen atoms in total. The van der Waals surface area contributed by atoms with Crippen LogP contribution in [0.25, 0.3) is 0 Å². The van der Waals surface area contributed by atoms with E-state index in [2.05, 4.69) is 25.8 Å². The molecule has 0 aliphatic carbocycles. The normalized spacial score (nSPS) is 18.0. The van der Waals surface area contributed by atoms with Crippen LogP contribution in [0.3, 0.4) is 0 Å². The molecule has 2 aliphatic rings. The van der Waals surface area contributed by atoms with Crippen molar-refractivity contribution in [1.29, 1.82) is 0 Å². The Hall–Kier alpha value is -4.08. The van der Waals surface area contributed by atoms with Crippen LogP contribution in [0.15, 0.2) is 53.5 Å². The van der Waals surface area contributed by atoms with Gasteiger partial charge in [0.25, 0.3) is 0 Å². The van der Waals surface area contributed by atoms with E-state index in [0.29, 0.717) is 30.4 Å². The summed E-state index contributed by atoms with van der Waals surface area (Å²) in [6.07, 6.45) is -0.00881. The third-order valence-electron chi connectivity index (χ3n) is 5.70. The van der Waals surface area contributed by atoms with E-state index in [-0.39, 0.29) is 24.1 Å². The molecule has 2 aliphatic heterocycles. The molecule has 10 heteroatoms. The summed E-state index contributed by atoms with van der Waals surface area (Å²) in [7, 11) is 1.64. The lowest BCUT2D eigenvalue weighted by Crippen LogP contribution is -2.56. The second-order valence-electron chi connectivity index (χ2n) is 8.14. The Morgan fingerprint density at radius 1 is 0.941 bits per heavy atom. The monoisotopic (exact) mass is 464 g/mol. The molecule has 3 N–H and O–H groups in total. The number of anilines is 3. The van der Waals surface area contributed by atoms with Crippen LogP contribution < -0.4 is 25.6 Å². The van der Waals surface area contributed by atoms with Gasteiger partial charge >= 0.3 is 0 Å². The molecule has 0 saturated carbocycles. The number of methoxy groups -OCH3 is 1. The number of piperazine rings is 1. The van der Waals surface area contributed by atoms with E-state index < -0.39 is 6.04 Å². The molecule has 2 aromatic carbocycles. The molecule has 4 rings (SSSR count). The van der Waals surface area contributed by atoms with Gasteiger partial charge in [-0.3, -0.25) is 19.7 Å². The van der Waals surface area contributed by atoms with Gasteiger partial charge < -0.3 is 25.2 Å². The summed E-state index contributed by atoms with van der Waals surface area (Å²) in [5.41, 5.74) is 2.31. The maximum atomic E-state index is 12.8. The lowest BCUT2D eigenvalue weighted by Gasteiger charge is -2.38. The van der Waals surface area contributed by atoms with Gasteiger partial charge in [0.15, 0.2) is 0 Å². The van der Waals surface area contributed by atoms with E-state index in [9.17, 15) is 14.4 Å². The summed E-state index contributed by atoms with van der Waals surface area (Å²) < 4.78 is 5.22. The number of amides is 3. The molecule has 178 valence electrons. The number of guanidine groups is 1. The maximum Gasteiger partial charge on any atom is 0.249 e. The van der Waals surface area contributed by atoms with Crippen LogP contribution in [0, 0.1) is 0 Å². The third-order valence-corrected chi connectivity index (χ3v) is 5.70. The van der Waals surface area contributed by atoms with Crippen molar-refractivity contribution < 1.29 is 19.1 Å². The molecule has 0 radical (unpaired) electrons. The Bertz CT molecular complexity index is 1080. The number of nitrogens with zero attached hydrogens (tertiary/aromatic N) is 3. The number of hydrogen-bond acceptors (Lipinski definition) is 7. The second kappa shape index (κ2) is 10.2. The van der Waals surface area contributed by atoms with Crippen LogP contribution in [0.1, 0.15) is 13.3 Å². The van der Waals surface area contributed by atoms with Crippen molar-refractivity contribution in [3.8, 4) is 5.75 Å². The van der Waals surface area contributed by atoms with Crippen molar-refractivity contribution in [2.45, 2.75) is 19.4 Å². The van der Waals surface area contributed by atoms with Gasteiger partial charge in [-0.1, -0.05) is 0 Å². The largest absolute Gasteiger partial charge is 0.497 e. The van der Waals surface area contributed by atoms with Crippen molar-refractivity contribution in [2.75, 3.05) is 48.8 Å². The van der Waals surface area contributed by atoms with E-state index in [4.69, 9.17) is 4.74 Å². The number of hydrogen-bond donors (Lipinski definition) is 3. The van der Waals surface area contributed by atoms with Gasteiger partial charge in [0, 0.05) is 50.2 Å². The fraction of sp³-hybridized carbons (Fsp3) is 0.333. The minimum atomic E-state index is -0.807. The van der Waals surface area contributed by atoms with E-state index in [1.165, 1.54) is 6.92 Å². The Morgan fingerprint density at radius 2 is 1.53 bits per heavy atom. The van der Waals surface area contributed by atoms with Gasteiger partial charge in [0.05, 0.1) is 13.5 Å². The Kier molecular flexibility index (Phi) is 6.95. The van der Waals surface area contributed by atoms with Gasteiger partial charge in [-0.15, -0.1) is 0 Å². The molecule has 0 unspecified atom stereocenters. The number of nitrogens with one attached hydrogen (secondary N) is 3. The summed E-state index contributed by atoms with van der Waals surface area (Å²) in [5.74, 6) is 0.498. The van der Waals surface area contributed by atoms with Crippen molar-refractivity contribution in [3.63, 3.8) is 0 Å². The molecule has 0 aromatic heterocycles. The summed E-state index contributed by atoms with van der Waals surface area (Å²) in [6.45, 7) is 4.30. The van der Waals surface area contributed by atoms with Gasteiger partial charge in [-0.25, -0.2) is 4.99 Å². The summed E-state index contributed by atoms with van der Waals surface area (Å²) in [4.78, 5) is 45.0. The fourth-order valence-corrected chi connectivity index (χ4v) is 3.92. The summed E-state index contributed by atoms with van der Waals surface area (Å²) in [5, 5.41) is 8.28. The lowest BCUT2D eigenvalue weighted by atomic mass is 10.1. The predicted octanol–water partition coefficient (Wildman–Crippen LogP) is 1.66. The predicted molar refractivity (Wildman–Crippen MR) is 130 cm³/mol. The SMILES string of the molecule is COc1ccc(N2CCN(C3=N[C@H](C(=O)Nc4ccc(NC(C)=O)cc4)CC(=O)N3)CC2)cc1. The summed E-state index contributed by atoms with van der Waals surface area (Å²) >= 11 is 0. The van der Waals surface area contributed by atoms with E-state index in [1.54, 1.807) is 31.4 Å². The minimum Gasteiger partial charge on any atom is -0.497 e. The van der Waals surface area contributed by atoms with Crippen LogP contribution >= 0.6 is 0 Å². The molecule has 0 bridgehead atoms. The molecule has 2 heterocycles. The van der Waals surface area contributed by atoms with Crippen molar-refractivity contribution in [2.24, 2.45) is 4.99 Å². The van der Waals surface area contributed by atoms with Crippen LogP contribution in [0.5, 0.6) is 5.75 Å². The van der Waals surface area contributed by atoms with E-state index >= 15 is 0 Å². The first-order valence-corrected chi connectivity index (χ1v) is 11.1. The number of carbonyl (C=O) groups is 3. The molecule has 3 amide bonds.